The minimum absolute atomic E-state index is 0.0164. The molecule has 250 valence electrons. The number of carboxylic acid groups (broad SMARTS) is 1. The number of alkyl carbamates (subject to hydrolysis) is 1. The molecule has 1 amide bonds. The zero-order chi connectivity index (χ0) is 33.6. The van der Waals surface area contributed by atoms with Gasteiger partial charge in [-0.1, -0.05) is 78.9 Å². The highest BCUT2D eigenvalue weighted by atomic mass is 16.7. The molecule has 0 spiro atoms. The molecule has 3 N–H and O–H groups in total. The van der Waals surface area contributed by atoms with Gasteiger partial charge in [-0.3, -0.25) is 0 Å². The monoisotopic (exact) mass is 642 g/mol. The topological polar surface area (TPSA) is 115 Å². The summed E-state index contributed by atoms with van der Waals surface area (Å²) in [6.45, 7) is 10.1. The molecule has 0 saturated carbocycles. The molecule has 9 nitrogen and oxygen atoms in total. The first kappa shape index (κ1) is 35.4. The molecule has 4 rings (SSSR count). The molecular formula is C38H46N2O7. The van der Waals surface area contributed by atoms with Crippen molar-refractivity contribution in [2.24, 2.45) is 0 Å². The Morgan fingerprint density at radius 2 is 1.51 bits per heavy atom. The van der Waals surface area contributed by atoms with Crippen LogP contribution in [0.1, 0.15) is 49.9 Å². The molecule has 0 bridgehead atoms. The number of ether oxygens (including phenoxy) is 4. The molecule has 0 aliphatic rings. The van der Waals surface area contributed by atoms with E-state index < -0.39 is 18.1 Å². The Kier molecular flexibility index (Phi) is 13.2. The lowest BCUT2D eigenvalue weighted by atomic mass is 10.0. The van der Waals surface area contributed by atoms with Crippen LogP contribution in [0.5, 0.6) is 5.75 Å². The maximum Gasteiger partial charge on any atom is 0.408 e. The Morgan fingerprint density at radius 1 is 0.830 bits per heavy atom. The number of rotatable bonds is 17. The Labute approximate surface area is 277 Å². The lowest BCUT2D eigenvalue weighted by molar-refractivity contribution is -0.139. The Bertz CT molecular complexity index is 1560. The van der Waals surface area contributed by atoms with Crippen molar-refractivity contribution in [1.82, 2.24) is 10.6 Å². The number of carbonyl (C=O) groups is 2. The van der Waals surface area contributed by atoms with Crippen LogP contribution in [0.25, 0.3) is 10.8 Å². The van der Waals surface area contributed by atoms with Crippen LogP contribution in [0.4, 0.5) is 4.79 Å². The van der Waals surface area contributed by atoms with E-state index in [0.29, 0.717) is 38.5 Å². The molecule has 0 aliphatic carbocycles. The van der Waals surface area contributed by atoms with Gasteiger partial charge in [0, 0.05) is 26.1 Å². The van der Waals surface area contributed by atoms with Gasteiger partial charge < -0.3 is 34.7 Å². The van der Waals surface area contributed by atoms with Crippen LogP contribution in [0.3, 0.4) is 0 Å². The number of benzene rings is 4. The molecule has 1 unspecified atom stereocenters. The molecule has 9 heteroatoms. The van der Waals surface area contributed by atoms with E-state index in [9.17, 15) is 14.7 Å². The van der Waals surface area contributed by atoms with Crippen LogP contribution < -0.4 is 15.4 Å². The van der Waals surface area contributed by atoms with Gasteiger partial charge >= 0.3 is 12.1 Å². The summed E-state index contributed by atoms with van der Waals surface area (Å²) in [5, 5.41) is 18.0. The Hall–Kier alpha value is -4.44. The number of nitrogens with one attached hydrogen (secondary N) is 2. The summed E-state index contributed by atoms with van der Waals surface area (Å²) < 4.78 is 22.9. The first-order valence-electron chi connectivity index (χ1n) is 16.0. The van der Waals surface area contributed by atoms with E-state index in [1.807, 2.05) is 58.0 Å². The summed E-state index contributed by atoms with van der Waals surface area (Å²) in [4.78, 5) is 24.2. The molecule has 0 radical (unpaired) electrons. The zero-order valence-electron chi connectivity index (χ0n) is 27.7. The zero-order valence-corrected chi connectivity index (χ0v) is 27.7. The maximum absolute atomic E-state index is 12.4. The maximum atomic E-state index is 12.4. The fourth-order valence-electron chi connectivity index (χ4n) is 5.05. The Balaban J connectivity index is 1.17. The van der Waals surface area contributed by atoms with Gasteiger partial charge in [-0.25, -0.2) is 9.59 Å². The standard InChI is InChI=1S/C38H46N2O7/c1-5-44-35(25-39-24-31-11-8-10-30-9-6-7-12-33(30)31)45-22-21-27-13-15-29(16-14-27)26-46-37(43)40-34(36(41)42)23-28-17-19-32(20-18-28)47-38(2,3)4/h6-20,34-35,39H,5,21-26H2,1-4H3,(H,40,43)(H,41,42)/t34-,35?/m0/s1. The second-order valence-corrected chi connectivity index (χ2v) is 12.3. The molecule has 0 saturated heterocycles. The molecule has 4 aromatic rings. The van der Waals surface area contributed by atoms with Crippen molar-refractivity contribution < 1.29 is 33.6 Å². The minimum atomic E-state index is -1.14. The molecular weight excluding hydrogens is 596 g/mol. The molecule has 47 heavy (non-hydrogen) atoms. The largest absolute Gasteiger partial charge is 0.488 e. The second kappa shape index (κ2) is 17.5. The molecule has 4 aromatic carbocycles. The van der Waals surface area contributed by atoms with E-state index in [0.717, 1.165) is 16.7 Å². The number of hydrogen-bond donors (Lipinski definition) is 3. The summed E-state index contributed by atoms with van der Waals surface area (Å²) in [7, 11) is 0. The highest BCUT2D eigenvalue weighted by Crippen LogP contribution is 2.20. The lowest BCUT2D eigenvalue weighted by Gasteiger charge is -2.21. The van der Waals surface area contributed by atoms with Gasteiger partial charge in [0.1, 0.15) is 24.0 Å². The SMILES string of the molecule is CCOC(CNCc1cccc2ccccc12)OCCc1ccc(COC(=O)N[C@@H](Cc2ccc(OC(C)(C)C)cc2)C(=O)O)cc1. The molecule has 0 heterocycles. The highest BCUT2D eigenvalue weighted by molar-refractivity contribution is 5.85. The van der Waals surface area contributed by atoms with Gasteiger partial charge in [-0.2, -0.15) is 0 Å². The smallest absolute Gasteiger partial charge is 0.408 e. The van der Waals surface area contributed by atoms with Crippen LogP contribution in [0, 0.1) is 0 Å². The number of amides is 1. The van der Waals surface area contributed by atoms with E-state index in [1.165, 1.54) is 16.3 Å². The predicted octanol–water partition coefficient (Wildman–Crippen LogP) is 6.65. The van der Waals surface area contributed by atoms with E-state index >= 15 is 0 Å². The molecule has 0 fully saturated rings. The fourth-order valence-corrected chi connectivity index (χ4v) is 5.05. The quantitative estimate of drug-likeness (QED) is 0.110. The second-order valence-electron chi connectivity index (χ2n) is 12.3. The number of fused-ring (bicyclic) bond motifs is 1. The molecule has 0 aliphatic heterocycles. The van der Waals surface area contributed by atoms with Crippen molar-refractivity contribution in [3.63, 3.8) is 0 Å². The van der Waals surface area contributed by atoms with Crippen LogP contribution in [-0.2, 0) is 45.0 Å². The average molecular weight is 643 g/mol. The number of carbonyl (C=O) groups excluding carboxylic acids is 1. The van der Waals surface area contributed by atoms with Crippen molar-refractivity contribution in [2.45, 2.75) is 71.6 Å². The third-order valence-electron chi connectivity index (χ3n) is 7.32. The van der Waals surface area contributed by atoms with Crippen molar-refractivity contribution in [3.05, 3.63) is 113 Å². The van der Waals surface area contributed by atoms with E-state index in [2.05, 4.69) is 47.0 Å². The van der Waals surface area contributed by atoms with Gasteiger partial charge in [0.15, 0.2) is 6.29 Å². The summed E-state index contributed by atoms with van der Waals surface area (Å²) >= 11 is 0. The first-order valence-corrected chi connectivity index (χ1v) is 16.0. The summed E-state index contributed by atoms with van der Waals surface area (Å²) in [5.74, 6) is -0.453. The van der Waals surface area contributed by atoms with E-state index in [4.69, 9.17) is 18.9 Å². The summed E-state index contributed by atoms with van der Waals surface area (Å²) in [6, 6.07) is 28.4. The van der Waals surface area contributed by atoms with Crippen molar-refractivity contribution in [3.8, 4) is 5.75 Å². The van der Waals surface area contributed by atoms with Gasteiger partial charge in [0.05, 0.1) is 6.61 Å². The van der Waals surface area contributed by atoms with Crippen molar-refractivity contribution in [1.29, 1.82) is 0 Å². The van der Waals surface area contributed by atoms with Crippen molar-refractivity contribution in [2.75, 3.05) is 19.8 Å². The van der Waals surface area contributed by atoms with Gasteiger partial charge in [0.2, 0.25) is 0 Å². The summed E-state index contributed by atoms with van der Waals surface area (Å²) in [6.07, 6.45) is -0.351. The first-order chi connectivity index (χ1) is 22.6. The lowest BCUT2D eigenvalue weighted by Crippen LogP contribution is -2.42. The molecule has 2 atom stereocenters. The number of hydrogen-bond acceptors (Lipinski definition) is 7. The van der Waals surface area contributed by atoms with Gasteiger partial charge in [0.25, 0.3) is 0 Å². The van der Waals surface area contributed by atoms with Gasteiger partial charge in [-0.05, 0) is 79.3 Å². The third kappa shape index (κ3) is 12.0. The average Bonchev–Trinajstić information content (AvgIpc) is 3.04. The van der Waals surface area contributed by atoms with Crippen LogP contribution in [0.2, 0.25) is 0 Å². The minimum Gasteiger partial charge on any atom is -0.488 e. The van der Waals surface area contributed by atoms with Gasteiger partial charge in [-0.15, -0.1) is 0 Å². The molecule has 0 aromatic heterocycles. The predicted molar refractivity (Wildman–Crippen MR) is 182 cm³/mol. The van der Waals surface area contributed by atoms with E-state index in [1.54, 1.807) is 24.3 Å². The van der Waals surface area contributed by atoms with Crippen LogP contribution in [-0.4, -0.2) is 54.9 Å². The fraction of sp³-hybridized carbons (Fsp3) is 0.368. The summed E-state index contributed by atoms with van der Waals surface area (Å²) in [5.41, 5.74) is 3.51. The third-order valence-corrected chi connectivity index (χ3v) is 7.32. The number of carboxylic acids is 1. The van der Waals surface area contributed by atoms with Crippen LogP contribution in [0.15, 0.2) is 91.0 Å². The Morgan fingerprint density at radius 3 is 2.21 bits per heavy atom. The highest BCUT2D eigenvalue weighted by Gasteiger charge is 2.21. The van der Waals surface area contributed by atoms with E-state index in [-0.39, 0.29) is 24.9 Å². The van der Waals surface area contributed by atoms with Crippen molar-refractivity contribution >= 4 is 22.8 Å². The number of aliphatic carboxylic acids is 1. The normalized spacial score (nSPS) is 12.8. The van der Waals surface area contributed by atoms with Crippen LogP contribution >= 0.6 is 0 Å².